The summed E-state index contributed by atoms with van der Waals surface area (Å²) in [7, 11) is 0. The molecule has 2 heterocycles. The van der Waals surface area contributed by atoms with Crippen LogP contribution in [0.5, 0.6) is 0 Å². The molecular weight excluding hydrogens is 274 g/mol. The van der Waals surface area contributed by atoms with Crippen LogP contribution in [0.4, 0.5) is 0 Å². The molecule has 1 atom stereocenters. The Morgan fingerprint density at radius 1 is 1.62 bits per heavy atom. The predicted molar refractivity (Wildman–Crippen MR) is 62.2 cm³/mol. The Morgan fingerprint density at radius 2 is 2.38 bits per heavy atom. The maximum Gasteiger partial charge on any atom is 0.320 e. The molecule has 0 aliphatic heterocycles. The number of hydrogen-bond acceptors (Lipinski definition) is 3. The second-order valence-electron chi connectivity index (χ2n) is 3.44. The third-order valence-corrected chi connectivity index (χ3v) is 2.95. The molecule has 0 radical (unpaired) electrons. The summed E-state index contributed by atoms with van der Waals surface area (Å²) >= 11 is 3.37. The molecule has 0 aliphatic rings. The van der Waals surface area contributed by atoms with Crippen LogP contribution in [0.25, 0.3) is 5.65 Å². The zero-order valence-corrected chi connectivity index (χ0v) is 9.89. The predicted octanol–water partition coefficient (Wildman–Crippen LogP) is 1.05. The molecule has 84 valence electrons. The van der Waals surface area contributed by atoms with Gasteiger partial charge in [-0.1, -0.05) is 0 Å². The van der Waals surface area contributed by atoms with E-state index in [1.165, 1.54) is 0 Å². The summed E-state index contributed by atoms with van der Waals surface area (Å²) in [4.78, 5) is 14.8. The van der Waals surface area contributed by atoms with Gasteiger partial charge in [-0.2, -0.15) is 0 Å². The Labute approximate surface area is 100 Å². The third-order valence-electron chi connectivity index (χ3n) is 2.33. The summed E-state index contributed by atoms with van der Waals surface area (Å²) in [5.74, 6) is -1.00. The van der Waals surface area contributed by atoms with Crippen LogP contribution < -0.4 is 5.73 Å². The lowest BCUT2D eigenvalue weighted by atomic mass is 10.1. The fourth-order valence-electron chi connectivity index (χ4n) is 1.52. The number of aliphatic carboxylic acids is 1. The van der Waals surface area contributed by atoms with Crippen molar-refractivity contribution in [1.29, 1.82) is 0 Å². The van der Waals surface area contributed by atoms with E-state index in [9.17, 15) is 4.79 Å². The summed E-state index contributed by atoms with van der Waals surface area (Å²) in [6, 6.07) is 2.78. The minimum Gasteiger partial charge on any atom is -0.480 e. The van der Waals surface area contributed by atoms with Crippen molar-refractivity contribution in [1.82, 2.24) is 9.38 Å². The highest BCUT2D eigenvalue weighted by Crippen LogP contribution is 2.18. The van der Waals surface area contributed by atoms with Gasteiger partial charge in [-0.15, -0.1) is 0 Å². The molecule has 2 aromatic rings. The number of nitrogens with zero attached hydrogens (tertiary/aromatic N) is 2. The maximum atomic E-state index is 10.7. The monoisotopic (exact) mass is 283 g/mol. The topological polar surface area (TPSA) is 80.6 Å². The zero-order valence-electron chi connectivity index (χ0n) is 8.30. The number of fused-ring (bicyclic) bond motifs is 1. The van der Waals surface area contributed by atoms with E-state index >= 15 is 0 Å². The van der Waals surface area contributed by atoms with Gasteiger partial charge in [-0.05, 0) is 28.1 Å². The highest BCUT2D eigenvalue weighted by Gasteiger charge is 2.14. The Morgan fingerprint density at radius 3 is 3.06 bits per heavy atom. The van der Waals surface area contributed by atoms with Crippen LogP contribution >= 0.6 is 15.9 Å². The number of nitrogens with two attached hydrogens (primary N) is 1. The van der Waals surface area contributed by atoms with E-state index in [1.807, 2.05) is 16.5 Å². The Hall–Kier alpha value is -1.40. The molecular formula is C10H10BrN3O2. The lowest BCUT2D eigenvalue weighted by molar-refractivity contribution is -0.138. The van der Waals surface area contributed by atoms with Crippen LogP contribution in [-0.4, -0.2) is 26.5 Å². The normalized spacial score (nSPS) is 12.9. The van der Waals surface area contributed by atoms with Crippen molar-refractivity contribution in [3.8, 4) is 0 Å². The van der Waals surface area contributed by atoms with Crippen molar-refractivity contribution in [3.05, 3.63) is 34.7 Å². The minimum absolute atomic E-state index is 0.273. The van der Waals surface area contributed by atoms with E-state index in [0.717, 1.165) is 15.8 Å². The fourth-order valence-corrected chi connectivity index (χ4v) is 1.94. The lowest BCUT2D eigenvalue weighted by Gasteiger charge is -2.09. The molecule has 0 amide bonds. The van der Waals surface area contributed by atoms with E-state index in [1.54, 1.807) is 12.4 Å². The number of rotatable bonds is 3. The van der Waals surface area contributed by atoms with Crippen LogP contribution in [0.3, 0.4) is 0 Å². The average Bonchev–Trinajstić information content (AvgIpc) is 2.71. The van der Waals surface area contributed by atoms with Gasteiger partial charge in [0.2, 0.25) is 0 Å². The summed E-state index contributed by atoms with van der Waals surface area (Å²) in [5.41, 5.74) is 7.09. The molecule has 0 saturated heterocycles. The van der Waals surface area contributed by atoms with Crippen LogP contribution in [0.15, 0.2) is 29.0 Å². The van der Waals surface area contributed by atoms with Crippen LogP contribution in [-0.2, 0) is 11.2 Å². The number of halogens is 1. The van der Waals surface area contributed by atoms with Gasteiger partial charge in [0.15, 0.2) is 5.65 Å². The molecule has 3 N–H and O–H groups in total. The quantitative estimate of drug-likeness (QED) is 0.882. The fraction of sp³-hybridized carbons (Fsp3) is 0.200. The molecule has 0 bridgehead atoms. The van der Waals surface area contributed by atoms with Crippen molar-refractivity contribution in [2.24, 2.45) is 5.73 Å². The number of carboxylic acid groups (broad SMARTS) is 1. The standard InChI is InChI=1S/C10H10BrN3O2/c11-7-2-1-6(5-8(12)10(15)16)14-4-3-13-9(7)14/h1-4,8H,5,12H2,(H,15,16). The average molecular weight is 284 g/mol. The molecule has 0 aromatic carbocycles. The molecule has 6 heteroatoms. The second kappa shape index (κ2) is 4.23. The van der Waals surface area contributed by atoms with Crippen LogP contribution in [0.2, 0.25) is 0 Å². The van der Waals surface area contributed by atoms with Crippen molar-refractivity contribution < 1.29 is 9.90 Å². The van der Waals surface area contributed by atoms with Gasteiger partial charge in [-0.3, -0.25) is 4.79 Å². The molecule has 0 fully saturated rings. The number of carbonyl (C=O) groups is 1. The van der Waals surface area contributed by atoms with Gasteiger partial charge < -0.3 is 15.2 Å². The van der Waals surface area contributed by atoms with Crippen LogP contribution in [0.1, 0.15) is 5.69 Å². The SMILES string of the molecule is NC(Cc1ccc(Br)c2nccn12)C(=O)O. The van der Waals surface area contributed by atoms with E-state index < -0.39 is 12.0 Å². The summed E-state index contributed by atoms with van der Waals surface area (Å²) in [6.45, 7) is 0. The van der Waals surface area contributed by atoms with E-state index in [0.29, 0.717) is 0 Å². The molecule has 2 aromatic heterocycles. The number of hydrogen-bond donors (Lipinski definition) is 2. The first-order valence-corrected chi connectivity index (χ1v) is 5.47. The lowest BCUT2D eigenvalue weighted by Crippen LogP contribution is -2.32. The largest absolute Gasteiger partial charge is 0.480 e. The van der Waals surface area contributed by atoms with Gasteiger partial charge in [0, 0.05) is 24.5 Å². The number of imidazole rings is 1. The first-order chi connectivity index (χ1) is 7.59. The van der Waals surface area contributed by atoms with Gasteiger partial charge in [0.25, 0.3) is 0 Å². The summed E-state index contributed by atoms with van der Waals surface area (Å²) in [6.07, 6.45) is 3.72. The molecule has 0 aliphatic carbocycles. The van der Waals surface area contributed by atoms with Gasteiger partial charge >= 0.3 is 5.97 Å². The molecule has 1 unspecified atom stereocenters. The van der Waals surface area contributed by atoms with Crippen molar-refractivity contribution in [2.45, 2.75) is 12.5 Å². The minimum atomic E-state index is -1.00. The number of pyridine rings is 1. The molecule has 2 rings (SSSR count). The Kier molecular flexibility index (Phi) is 2.93. The number of carboxylic acids is 1. The summed E-state index contributed by atoms with van der Waals surface area (Å²) < 4.78 is 2.69. The Bertz CT molecular complexity index is 538. The highest BCUT2D eigenvalue weighted by molar-refractivity contribution is 9.10. The molecule has 5 nitrogen and oxygen atoms in total. The Balaban J connectivity index is 2.42. The van der Waals surface area contributed by atoms with Crippen molar-refractivity contribution >= 4 is 27.5 Å². The highest BCUT2D eigenvalue weighted by atomic mass is 79.9. The number of aromatic nitrogens is 2. The van der Waals surface area contributed by atoms with E-state index in [-0.39, 0.29) is 6.42 Å². The van der Waals surface area contributed by atoms with Crippen molar-refractivity contribution in [3.63, 3.8) is 0 Å². The smallest absolute Gasteiger partial charge is 0.320 e. The maximum absolute atomic E-state index is 10.7. The van der Waals surface area contributed by atoms with E-state index in [4.69, 9.17) is 10.8 Å². The van der Waals surface area contributed by atoms with Crippen molar-refractivity contribution in [2.75, 3.05) is 0 Å². The molecule has 0 spiro atoms. The van der Waals surface area contributed by atoms with Crippen LogP contribution in [0, 0.1) is 0 Å². The first kappa shape index (κ1) is 11.1. The first-order valence-electron chi connectivity index (χ1n) is 4.68. The van der Waals surface area contributed by atoms with Gasteiger partial charge in [0.05, 0.1) is 4.47 Å². The van der Waals surface area contributed by atoms with Gasteiger partial charge in [-0.25, -0.2) is 4.98 Å². The summed E-state index contributed by atoms with van der Waals surface area (Å²) in [5, 5.41) is 8.76. The molecule has 0 saturated carbocycles. The third kappa shape index (κ3) is 1.94. The van der Waals surface area contributed by atoms with Gasteiger partial charge in [0.1, 0.15) is 6.04 Å². The zero-order chi connectivity index (χ0) is 11.7. The molecule has 16 heavy (non-hydrogen) atoms. The van der Waals surface area contributed by atoms with E-state index in [2.05, 4.69) is 20.9 Å². The second-order valence-corrected chi connectivity index (χ2v) is 4.30.